The summed E-state index contributed by atoms with van der Waals surface area (Å²) in [6.07, 6.45) is -7.96. The van der Waals surface area contributed by atoms with Gasteiger partial charge >= 0.3 is 5.97 Å². The lowest BCUT2D eigenvalue weighted by molar-refractivity contribution is -0.276. The smallest absolute Gasteiger partial charge is 0.338 e. The second-order valence-corrected chi connectivity index (χ2v) is 8.46. The van der Waals surface area contributed by atoms with Crippen molar-refractivity contribution in [3.05, 3.63) is 77.4 Å². The summed E-state index contributed by atoms with van der Waals surface area (Å²) in [5.74, 6) is -4.35. The SMILES string of the molecule is O=C(O[C@H]1[C@H](O)[C@@H](O)[C@H](Oc2cc(O)c(C(=O)c3cc(O)cc(O)c3)c(O)c2)O[C@@H]1CO)c1ccccc1. The van der Waals surface area contributed by atoms with Crippen molar-refractivity contribution in [2.75, 3.05) is 6.61 Å². The van der Waals surface area contributed by atoms with E-state index in [-0.39, 0.29) is 16.9 Å². The van der Waals surface area contributed by atoms with E-state index in [1.807, 2.05) is 0 Å². The topological polar surface area (TPSA) is 203 Å². The number of hydrogen-bond donors (Lipinski definition) is 7. The van der Waals surface area contributed by atoms with Crippen LogP contribution in [0.2, 0.25) is 0 Å². The van der Waals surface area contributed by atoms with Crippen LogP contribution < -0.4 is 4.74 Å². The van der Waals surface area contributed by atoms with Crippen LogP contribution in [0.1, 0.15) is 26.3 Å². The number of aliphatic hydroxyl groups excluding tert-OH is 3. The third-order valence-corrected chi connectivity index (χ3v) is 5.79. The maximum atomic E-state index is 12.7. The lowest BCUT2D eigenvalue weighted by atomic mass is 9.98. The van der Waals surface area contributed by atoms with Crippen LogP contribution in [0.3, 0.4) is 0 Å². The van der Waals surface area contributed by atoms with Crippen LogP contribution >= 0.6 is 0 Å². The van der Waals surface area contributed by atoms with Gasteiger partial charge in [0.2, 0.25) is 12.1 Å². The standard InChI is InChI=1S/C26H24O12/c27-11-19-24(38-25(35)12-4-2-1-3-5-12)22(33)23(34)26(37-19)36-16-9-17(30)20(18(31)10-16)21(32)13-6-14(28)8-15(29)7-13/h1-10,19,22-24,26-31,33-34H,11H2/t19-,22-,23-,24-,26-/m1/s1. The second kappa shape index (κ2) is 10.9. The molecule has 1 heterocycles. The van der Waals surface area contributed by atoms with Gasteiger partial charge in [-0.1, -0.05) is 18.2 Å². The van der Waals surface area contributed by atoms with Crippen molar-refractivity contribution in [3.8, 4) is 28.7 Å². The highest BCUT2D eigenvalue weighted by Crippen LogP contribution is 2.37. The van der Waals surface area contributed by atoms with Gasteiger partial charge in [0.1, 0.15) is 52.6 Å². The average Bonchev–Trinajstić information content (AvgIpc) is 2.87. The summed E-state index contributed by atoms with van der Waals surface area (Å²) in [6.45, 7) is -0.725. The molecule has 5 atom stereocenters. The van der Waals surface area contributed by atoms with Gasteiger partial charge in [-0.05, 0) is 24.3 Å². The molecule has 0 radical (unpaired) electrons. The average molecular weight is 528 g/mol. The lowest BCUT2D eigenvalue weighted by Gasteiger charge is -2.41. The molecule has 0 unspecified atom stereocenters. The van der Waals surface area contributed by atoms with E-state index in [1.54, 1.807) is 18.2 Å². The van der Waals surface area contributed by atoms with Gasteiger partial charge in [0, 0.05) is 23.8 Å². The third-order valence-electron chi connectivity index (χ3n) is 5.79. The summed E-state index contributed by atoms with van der Waals surface area (Å²) in [5.41, 5.74) is -0.614. The van der Waals surface area contributed by atoms with Crippen LogP contribution in [0, 0.1) is 0 Å². The van der Waals surface area contributed by atoms with Crippen molar-refractivity contribution in [2.45, 2.75) is 30.7 Å². The molecular formula is C26H24O12. The van der Waals surface area contributed by atoms with Gasteiger partial charge in [0.25, 0.3) is 0 Å². The number of hydrogen-bond acceptors (Lipinski definition) is 12. The van der Waals surface area contributed by atoms with E-state index in [1.165, 1.54) is 12.1 Å². The zero-order valence-corrected chi connectivity index (χ0v) is 19.5. The summed E-state index contributed by atoms with van der Waals surface area (Å²) >= 11 is 0. The molecule has 0 amide bonds. The number of ether oxygens (including phenoxy) is 3. The van der Waals surface area contributed by atoms with E-state index in [9.17, 15) is 45.3 Å². The van der Waals surface area contributed by atoms with Gasteiger partial charge < -0.3 is 50.0 Å². The molecule has 38 heavy (non-hydrogen) atoms. The Kier molecular flexibility index (Phi) is 7.69. The molecule has 0 spiro atoms. The number of benzene rings is 3. The fourth-order valence-corrected chi connectivity index (χ4v) is 3.95. The van der Waals surface area contributed by atoms with E-state index >= 15 is 0 Å². The van der Waals surface area contributed by atoms with Gasteiger partial charge in [-0.3, -0.25) is 4.79 Å². The maximum absolute atomic E-state index is 12.7. The molecule has 12 nitrogen and oxygen atoms in total. The number of phenols is 4. The molecule has 0 bridgehead atoms. The molecule has 1 aliphatic rings. The first-order valence-corrected chi connectivity index (χ1v) is 11.3. The van der Waals surface area contributed by atoms with E-state index in [0.29, 0.717) is 0 Å². The normalized spacial score (nSPS) is 23.0. The molecule has 200 valence electrons. The number of carbonyl (C=O) groups is 2. The van der Waals surface area contributed by atoms with Crippen LogP contribution in [-0.4, -0.2) is 84.8 Å². The molecule has 1 fully saturated rings. The van der Waals surface area contributed by atoms with Gasteiger partial charge in [-0.15, -0.1) is 0 Å². The minimum Gasteiger partial charge on any atom is -0.508 e. The number of rotatable bonds is 7. The maximum Gasteiger partial charge on any atom is 0.338 e. The Morgan fingerprint density at radius 3 is 2.00 bits per heavy atom. The third kappa shape index (κ3) is 5.48. The van der Waals surface area contributed by atoms with E-state index < -0.39 is 77.6 Å². The van der Waals surface area contributed by atoms with E-state index in [2.05, 4.69) is 0 Å². The summed E-state index contributed by atoms with van der Waals surface area (Å²) in [4.78, 5) is 25.2. The highest BCUT2D eigenvalue weighted by atomic mass is 16.7. The predicted molar refractivity (Wildman–Crippen MR) is 127 cm³/mol. The number of esters is 1. The number of carbonyl (C=O) groups excluding carboxylic acids is 2. The fourth-order valence-electron chi connectivity index (χ4n) is 3.95. The number of aliphatic hydroxyl groups is 3. The first-order valence-electron chi connectivity index (χ1n) is 11.3. The Balaban J connectivity index is 1.51. The first kappa shape index (κ1) is 26.7. The molecular weight excluding hydrogens is 504 g/mol. The lowest BCUT2D eigenvalue weighted by Crippen LogP contribution is -2.61. The molecule has 12 heteroatoms. The largest absolute Gasteiger partial charge is 0.508 e. The van der Waals surface area contributed by atoms with Crippen molar-refractivity contribution in [2.24, 2.45) is 0 Å². The number of aromatic hydroxyl groups is 4. The molecule has 0 aliphatic carbocycles. The van der Waals surface area contributed by atoms with E-state index in [0.717, 1.165) is 30.3 Å². The van der Waals surface area contributed by atoms with Crippen LogP contribution in [0.25, 0.3) is 0 Å². The minimum atomic E-state index is -1.80. The van der Waals surface area contributed by atoms with Crippen molar-refractivity contribution in [1.82, 2.24) is 0 Å². The summed E-state index contributed by atoms with van der Waals surface area (Å²) in [5, 5.41) is 70.9. The molecule has 7 N–H and O–H groups in total. The Morgan fingerprint density at radius 1 is 0.816 bits per heavy atom. The second-order valence-electron chi connectivity index (χ2n) is 8.46. The molecule has 0 saturated carbocycles. The monoisotopic (exact) mass is 528 g/mol. The van der Waals surface area contributed by atoms with Crippen molar-refractivity contribution in [3.63, 3.8) is 0 Å². The molecule has 0 aromatic heterocycles. The van der Waals surface area contributed by atoms with Gasteiger partial charge in [0.05, 0.1) is 12.2 Å². The first-order chi connectivity index (χ1) is 18.1. The van der Waals surface area contributed by atoms with Gasteiger partial charge in [-0.25, -0.2) is 4.79 Å². The number of phenolic OH excluding ortho intramolecular Hbond substituents is 4. The molecule has 1 aliphatic heterocycles. The predicted octanol–water partition coefficient (Wildman–Crippen LogP) is 0.783. The molecule has 1 saturated heterocycles. The quantitative estimate of drug-likeness (QED) is 0.168. The Bertz CT molecular complexity index is 1280. The Morgan fingerprint density at radius 2 is 1.42 bits per heavy atom. The van der Waals surface area contributed by atoms with Crippen molar-refractivity contribution >= 4 is 11.8 Å². The molecule has 3 aromatic rings. The van der Waals surface area contributed by atoms with Crippen molar-refractivity contribution in [1.29, 1.82) is 0 Å². The summed E-state index contributed by atoms with van der Waals surface area (Å²) < 4.78 is 16.2. The zero-order chi connectivity index (χ0) is 27.6. The van der Waals surface area contributed by atoms with Crippen molar-refractivity contribution < 1.29 is 59.5 Å². The minimum absolute atomic E-state index is 0.172. The number of ketones is 1. The zero-order valence-electron chi connectivity index (χ0n) is 19.5. The Hall–Kier alpha value is -4.36. The van der Waals surface area contributed by atoms with Crippen LogP contribution in [0.5, 0.6) is 28.7 Å². The van der Waals surface area contributed by atoms with Crippen LogP contribution in [0.15, 0.2) is 60.7 Å². The summed E-state index contributed by atoms with van der Waals surface area (Å²) in [6, 6.07) is 12.7. The molecule has 4 rings (SSSR count). The van der Waals surface area contributed by atoms with E-state index in [4.69, 9.17) is 14.2 Å². The fraction of sp³-hybridized carbons (Fsp3) is 0.231. The Labute approximate surface area is 215 Å². The highest BCUT2D eigenvalue weighted by Gasteiger charge is 2.48. The van der Waals surface area contributed by atoms with Gasteiger partial charge in [-0.2, -0.15) is 0 Å². The summed E-state index contributed by atoms with van der Waals surface area (Å²) in [7, 11) is 0. The van der Waals surface area contributed by atoms with Crippen LogP contribution in [-0.2, 0) is 9.47 Å². The van der Waals surface area contributed by atoms with Gasteiger partial charge in [0.15, 0.2) is 6.10 Å². The highest BCUT2D eigenvalue weighted by molar-refractivity contribution is 6.12. The molecule has 3 aromatic carbocycles. The van der Waals surface area contributed by atoms with Crippen LogP contribution in [0.4, 0.5) is 0 Å².